The van der Waals surface area contributed by atoms with E-state index in [2.05, 4.69) is 0 Å². The third kappa shape index (κ3) is 1.38. The normalized spacial score (nSPS) is 18.1. The predicted octanol–water partition coefficient (Wildman–Crippen LogP) is 2.26. The van der Waals surface area contributed by atoms with Crippen molar-refractivity contribution in [3.8, 4) is 0 Å². The van der Waals surface area contributed by atoms with Gasteiger partial charge in [0.2, 0.25) is 0 Å². The Morgan fingerprint density at radius 2 is 1.83 bits per heavy atom. The largest absolute Gasteiger partial charge is 0.493 e. The summed E-state index contributed by atoms with van der Waals surface area (Å²) in [6, 6.07) is 0. The Morgan fingerprint density at radius 1 is 1.25 bits per heavy atom. The fourth-order valence-corrected chi connectivity index (χ4v) is 1.34. The number of hydrogen-bond donors (Lipinski definition) is 2. The number of methoxy groups -OCH3 is 1. The van der Waals surface area contributed by atoms with Crippen LogP contribution in [0.2, 0.25) is 0 Å². The molecule has 2 N–H and O–H groups in total. The van der Waals surface area contributed by atoms with E-state index >= 15 is 0 Å². The van der Waals surface area contributed by atoms with E-state index in [0.29, 0.717) is 0 Å². The predicted molar refractivity (Wildman–Crippen MR) is 49.3 cm³/mol. The van der Waals surface area contributed by atoms with Crippen LogP contribution in [0.25, 0.3) is 0 Å². The van der Waals surface area contributed by atoms with Crippen molar-refractivity contribution in [3.05, 3.63) is 21.9 Å². The monoisotopic (exact) mass is 204 g/mol. The molecule has 0 saturated carbocycles. The third-order valence-electron chi connectivity index (χ3n) is 1.39. The molecule has 0 spiro atoms. The number of rotatable bonds is 1. The first-order chi connectivity index (χ1) is 5.57. The number of nitrogens with one attached hydrogen (secondary N) is 2. The molecule has 0 aromatic heterocycles. The summed E-state index contributed by atoms with van der Waals surface area (Å²) in [6.07, 6.45) is 1.39. The molecular weight excluding hydrogens is 199 g/mol. The van der Waals surface area contributed by atoms with Crippen LogP contribution in [-0.2, 0) is 4.74 Å². The Kier molecular flexibility index (Phi) is 2.55. The van der Waals surface area contributed by atoms with Crippen molar-refractivity contribution in [1.82, 2.24) is 0 Å². The molecule has 1 rings (SSSR count). The van der Waals surface area contributed by atoms with Gasteiger partial charge in [0, 0.05) is 0 Å². The number of allylic oxidation sites excluding steroid dienone is 4. The fraction of sp³-hybridized carbons (Fsp3) is 0.143. The second kappa shape index (κ2) is 3.29. The molecule has 0 amide bonds. The van der Waals surface area contributed by atoms with E-state index < -0.39 is 0 Å². The number of hydrogen-bond acceptors (Lipinski definition) is 3. The molecule has 1 aliphatic rings. The Labute approximate surface area is 79.6 Å². The summed E-state index contributed by atoms with van der Waals surface area (Å²) in [5.41, 5.74) is -0.159. The van der Waals surface area contributed by atoms with Gasteiger partial charge in [0.15, 0.2) is 5.76 Å². The van der Waals surface area contributed by atoms with Gasteiger partial charge in [0.1, 0.15) is 11.4 Å². The van der Waals surface area contributed by atoms with E-state index in [9.17, 15) is 0 Å². The van der Waals surface area contributed by atoms with E-state index in [0.717, 1.165) is 0 Å². The molecule has 0 bridgehead atoms. The zero-order valence-corrected chi connectivity index (χ0v) is 7.75. The van der Waals surface area contributed by atoms with Crippen LogP contribution in [0.4, 0.5) is 0 Å². The Bertz CT molecular complexity index is 317. The molecule has 0 atom stereocenters. The van der Waals surface area contributed by atoms with E-state index in [1.807, 2.05) is 0 Å². The van der Waals surface area contributed by atoms with Gasteiger partial charge in [-0.3, -0.25) is 10.8 Å². The molecule has 0 aromatic rings. The van der Waals surface area contributed by atoms with Crippen LogP contribution in [0.1, 0.15) is 0 Å². The minimum Gasteiger partial charge on any atom is -0.493 e. The van der Waals surface area contributed by atoms with Crippen LogP contribution < -0.4 is 0 Å². The van der Waals surface area contributed by atoms with Gasteiger partial charge in [-0.1, -0.05) is 23.2 Å². The van der Waals surface area contributed by atoms with Gasteiger partial charge in [0.25, 0.3) is 0 Å². The van der Waals surface area contributed by atoms with Crippen molar-refractivity contribution < 1.29 is 4.74 Å². The van der Waals surface area contributed by atoms with Gasteiger partial charge in [-0.15, -0.1) is 0 Å². The van der Waals surface area contributed by atoms with Crippen LogP contribution in [0.5, 0.6) is 0 Å². The maximum atomic E-state index is 7.40. The molecule has 0 aromatic carbocycles. The van der Waals surface area contributed by atoms with E-state index in [1.54, 1.807) is 0 Å². The summed E-state index contributed by atoms with van der Waals surface area (Å²) >= 11 is 11.3. The first-order valence-electron chi connectivity index (χ1n) is 3.07. The minimum absolute atomic E-state index is 0.0714. The lowest BCUT2D eigenvalue weighted by Crippen LogP contribution is -2.20. The van der Waals surface area contributed by atoms with Crippen LogP contribution in [0, 0.1) is 10.8 Å². The lowest BCUT2D eigenvalue weighted by atomic mass is 10.1. The lowest BCUT2D eigenvalue weighted by molar-refractivity contribution is 0.314. The van der Waals surface area contributed by atoms with Crippen LogP contribution >= 0.6 is 23.2 Å². The zero-order valence-electron chi connectivity index (χ0n) is 6.24. The van der Waals surface area contributed by atoms with Crippen molar-refractivity contribution in [2.45, 2.75) is 0 Å². The molecule has 0 saturated heterocycles. The van der Waals surface area contributed by atoms with Crippen molar-refractivity contribution >= 4 is 34.6 Å². The molecule has 0 radical (unpaired) electrons. The lowest BCUT2D eigenvalue weighted by Gasteiger charge is -2.14. The van der Waals surface area contributed by atoms with E-state index in [4.69, 9.17) is 38.8 Å². The zero-order chi connectivity index (χ0) is 9.30. The highest BCUT2D eigenvalue weighted by atomic mass is 35.5. The molecule has 5 heteroatoms. The summed E-state index contributed by atoms with van der Waals surface area (Å²) in [5, 5.41) is 15.1. The summed E-state index contributed by atoms with van der Waals surface area (Å²) in [4.78, 5) is 0. The van der Waals surface area contributed by atoms with E-state index in [1.165, 1.54) is 13.2 Å². The molecule has 64 valence electrons. The average molecular weight is 205 g/mol. The van der Waals surface area contributed by atoms with Crippen molar-refractivity contribution in [2.75, 3.05) is 7.11 Å². The molecule has 0 fully saturated rings. The first-order valence-corrected chi connectivity index (χ1v) is 3.82. The standard InChI is InChI=1S/C7H6Cl2N2O/c1-12-7-4(9)2-3(8)5(10)6(7)11/h2,10-11H,1H3. The van der Waals surface area contributed by atoms with Gasteiger partial charge >= 0.3 is 0 Å². The third-order valence-corrected chi connectivity index (χ3v) is 1.97. The van der Waals surface area contributed by atoms with Crippen LogP contribution in [0.3, 0.4) is 0 Å². The topological polar surface area (TPSA) is 56.9 Å². The molecule has 3 nitrogen and oxygen atoms in total. The van der Waals surface area contributed by atoms with Crippen LogP contribution in [-0.4, -0.2) is 18.5 Å². The minimum atomic E-state index is -0.0880. The van der Waals surface area contributed by atoms with Crippen molar-refractivity contribution in [3.63, 3.8) is 0 Å². The van der Waals surface area contributed by atoms with Gasteiger partial charge in [0.05, 0.1) is 17.2 Å². The number of halogens is 2. The highest BCUT2D eigenvalue weighted by Crippen LogP contribution is 2.24. The average Bonchev–Trinajstić information content (AvgIpc) is 2.01. The smallest absolute Gasteiger partial charge is 0.164 e. The second-order valence-corrected chi connectivity index (χ2v) is 2.94. The molecule has 12 heavy (non-hydrogen) atoms. The van der Waals surface area contributed by atoms with Crippen molar-refractivity contribution in [2.24, 2.45) is 0 Å². The maximum Gasteiger partial charge on any atom is 0.164 e. The fourth-order valence-electron chi connectivity index (χ4n) is 0.801. The van der Waals surface area contributed by atoms with Gasteiger partial charge in [-0.05, 0) is 6.08 Å². The van der Waals surface area contributed by atoms with Crippen LogP contribution in [0.15, 0.2) is 21.9 Å². The first kappa shape index (κ1) is 9.29. The summed E-state index contributed by atoms with van der Waals surface area (Å²) in [7, 11) is 1.40. The molecule has 0 heterocycles. The summed E-state index contributed by atoms with van der Waals surface area (Å²) < 4.78 is 4.81. The Hall–Kier alpha value is -0.800. The highest BCUT2D eigenvalue weighted by molar-refractivity contribution is 6.64. The molecule has 0 aliphatic heterocycles. The second-order valence-electron chi connectivity index (χ2n) is 2.12. The SMILES string of the molecule is COC1=C(Cl)C=C(Cl)C(=N)C1=N. The Morgan fingerprint density at radius 3 is 2.33 bits per heavy atom. The van der Waals surface area contributed by atoms with Gasteiger partial charge < -0.3 is 4.74 Å². The number of ether oxygens (including phenoxy) is 1. The van der Waals surface area contributed by atoms with Crippen molar-refractivity contribution in [1.29, 1.82) is 10.8 Å². The molecule has 1 aliphatic carbocycles. The molecule has 0 unspecified atom stereocenters. The van der Waals surface area contributed by atoms with E-state index in [-0.39, 0.29) is 27.2 Å². The maximum absolute atomic E-state index is 7.40. The quantitative estimate of drug-likeness (QED) is 0.633. The molecular formula is C7H6Cl2N2O. The highest BCUT2D eigenvalue weighted by Gasteiger charge is 2.22. The summed E-state index contributed by atoms with van der Waals surface area (Å²) in [6.45, 7) is 0. The summed E-state index contributed by atoms with van der Waals surface area (Å²) in [5.74, 6) is 0.186. The van der Waals surface area contributed by atoms with Gasteiger partial charge in [-0.25, -0.2) is 0 Å². The Balaban J connectivity index is 3.20. The van der Waals surface area contributed by atoms with Gasteiger partial charge in [-0.2, -0.15) is 0 Å².